The van der Waals surface area contributed by atoms with Crippen LogP contribution >= 0.6 is 19.0 Å². The van der Waals surface area contributed by atoms with Gasteiger partial charge in [-0.05, 0) is 11.2 Å². The quantitative estimate of drug-likeness (QED) is 0.521. The van der Waals surface area contributed by atoms with Crippen LogP contribution in [0.15, 0.2) is 0 Å². The van der Waals surface area contributed by atoms with Gasteiger partial charge >= 0.3 is 11.9 Å². The third kappa shape index (κ3) is 2.33. The summed E-state index contributed by atoms with van der Waals surface area (Å²) in [6.07, 6.45) is -2.29. The fourth-order valence-corrected chi connectivity index (χ4v) is 2.19. The van der Waals surface area contributed by atoms with Crippen LogP contribution < -0.4 is 0 Å². The maximum atomic E-state index is 11.1. The molecule has 2 atom stereocenters. The Kier molecular flexibility index (Phi) is 4.07. The highest BCUT2D eigenvalue weighted by atomic mass is 35.7. The van der Waals surface area contributed by atoms with E-state index in [2.05, 4.69) is 9.47 Å². The number of rotatable bonds is 2. The molecule has 0 aromatic carbocycles. The maximum Gasteiger partial charge on any atom is 0.338 e. The van der Waals surface area contributed by atoms with E-state index in [1.165, 1.54) is 14.2 Å². The van der Waals surface area contributed by atoms with Crippen LogP contribution in [0, 0.1) is 0 Å². The number of hydrogen-bond donors (Lipinski definition) is 0. The van der Waals surface area contributed by atoms with Crippen LogP contribution in [0.25, 0.3) is 0 Å². The molecular formula is C6H8ClO6P. The Morgan fingerprint density at radius 2 is 1.50 bits per heavy atom. The Morgan fingerprint density at radius 1 is 1.14 bits per heavy atom. The molecule has 14 heavy (non-hydrogen) atoms. The SMILES string of the molecule is COC(=O)C1OP(Cl)OC1C(=O)OC. The molecule has 0 amide bonds. The standard InChI is InChI=1S/C6H8ClO6P/c1-10-5(8)3-4(6(9)11-2)13-14(7)12-3/h3-4H,1-2H3. The zero-order chi connectivity index (χ0) is 10.7. The summed E-state index contributed by atoms with van der Waals surface area (Å²) in [6.45, 7) is 0. The molecule has 1 heterocycles. The van der Waals surface area contributed by atoms with Crippen molar-refractivity contribution in [2.24, 2.45) is 0 Å². The predicted molar refractivity (Wildman–Crippen MR) is 46.6 cm³/mol. The van der Waals surface area contributed by atoms with Crippen molar-refractivity contribution in [1.82, 2.24) is 0 Å². The van der Waals surface area contributed by atoms with E-state index in [-0.39, 0.29) is 0 Å². The third-order valence-corrected chi connectivity index (χ3v) is 2.80. The number of ether oxygens (including phenoxy) is 2. The van der Waals surface area contributed by atoms with Gasteiger partial charge in [-0.1, -0.05) is 0 Å². The molecule has 1 fully saturated rings. The van der Waals surface area contributed by atoms with Gasteiger partial charge in [0.15, 0.2) is 12.2 Å². The molecule has 80 valence electrons. The van der Waals surface area contributed by atoms with E-state index >= 15 is 0 Å². The molecule has 2 unspecified atom stereocenters. The highest BCUT2D eigenvalue weighted by Gasteiger charge is 2.47. The Morgan fingerprint density at radius 3 is 1.79 bits per heavy atom. The van der Waals surface area contributed by atoms with Crippen LogP contribution in [0.4, 0.5) is 0 Å². The molecular weight excluding hydrogens is 234 g/mol. The number of hydrogen-bond acceptors (Lipinski definition) is 6. The first-order valence-electron chi connectivity index (χ1n) is 3.55. The largest absolute Gasteiger partial charge is 0.467 e. The monoisotopic (exact) mass is 242 g/mol. The molecule has 0 saturated carbocycles. The third-order valence-electron chi connectivity index (χ3n) is 1.53. The van der Waals surface area contributed by atoms with E-state index in [9.17, 15) is 9.59 Å². The van der Waals surface area contributed by atoms with Crippen molar-refractivity contribution in [2.75, 3.05) is 14.2 Å². The second-order valence-electron chi connectivity index (χ2n) is 2.31. The number of esters is 2. The molecule has 0 aromatic heterocycles. The normalized spacial score (nSPS) is 31.2. The zero-order valence-corrected chi connectivity index (χ0v) is 9.08. The Hall–Kier alpha value is -0.420. The van der Waals surface area contributed by atoms with Crippen LogP contribution in [0.1, 0.15) is 0 Å². The van der Waals surface area contributed by atoms with Crippen LogP contribution in [-0.2, 0) is 28.1 Å². The average Bonchev–Trinajstić information content (AvgIpc) is 2.58. The van der Waals surface area contributed by atoms with Crippen molar-refractivity contribution in [2.45, 2.75) is 12.2 Å². The van der Waals surface area contributed by atoms with Gasteiger partial charge < -0.3 is 18.5 Å². The lowest BCUT2D eigenvalue weighted by atomic mass is 10.2. The van der Waals surface area contributed by atoms with Crippen molar-refractivity contribution in [3.8, 4) is 0 Å². The van der Waals surface area contributed by atoms with E-state index in [0.717, 1.165) is 0 Å². The Bertz CT molecular complexity index is 222. The number of carbonyl (C=O) groups excluding carboxylic acids is 2. The lowest BCUT2D eigenvalue weighted by Crippen LogP contribution is -2.38. The van der Waals surface area contributed by atoms with Gasteiger partial charge in [-0.25, -0.2) is 9.59 Å². The fourth-order valence-electron chi connectivity index (χ4n) is 0.880. The minimum absolute atomic E-state index is 0.717. The second kappa shape index (κ2) is 4.89. The minimum Gasteiger partial charge on any atom is -0.467 e. The lowest BCUT2D eigenvalue weighted by molar-refractivity contribution is -0.160. The molecule has 0 radical (unpaired) electrons. The van der Waals surface area contributed by atoms with Gasteiger partial charge in [0.25, 0.3) is 7.73 Å². The molecule has 0 bridgehead atoms. The summed E-state index contributed by atoms with van der Waals surface area (Å²) in [4.78, 5) is 22.2. The molecule has 0 aliphatic carbocycles. The van der Waals surface area contributed by atoms with Gasteiger partial charge in [0.05, 0.1) is 14.2 Å². The number of carbonyl (C=O) groups is 2. The van der Waals surface area contributed by atoms with E-state index in [4.69, 9.17) is 20.3 Å². The molecule has 6 nitrogen and oxygen atoms in total. The lowest BCUT2D eigenvalue weighted by Gasteiger charge is -2.11. The van der Waals surface area contributed by atoms with Crippen LogP contribution in [0.3, 0.4) is 0 Å². The van der Waals surface area contributed by atoms with Crippen molar-refractivity contribution < 1.29 is 28.1 Å². The van der Waals surface area contributed by atoms with Crippen LogP contribution in [0.2, 0.25) is 0 Å². The smallest absolute Gasteiger partial charge is 0.338 e. The van der Waals surface area contributed by atoms with Crippen LogP contribution in [0.5, 0.6) is 0 Å². The van der Waals surface area contributed by atoms with Gasteiger partial charge in [-0.3, -0.25) is 0 Å². The first kappa shape index (κ1) is 11.7. The van der Waals surface area contributed by atoms with Crippen molar-refractivity contribution in [1.29, 1.82) is 0 Å². The van der Waals surface area contributed by atoms with E-state index in [0.29, 0.717) is 0 Å². The maximum absolute atomic E-state index is 11.1. The molecule has 1 rings (SSSR count). The summed E-state index contributed by atoms with van der Waals surface area (Å²) in [6, 6.07) is 0. The molecule has 8 heteroatoms. The molecule has 0 spiro atoms. The molecule has 1 saturated heterocycles. The van der Waals surface area contributed by atoms with Crippen LogP contribution in [-0.4, -0.2) is 38.4 Å². The van der Waals surface area contributed by atoms with Gasteiger partial charge in [0, 0.05) is 0 Å². The van der Waals surface area contributed by atoms with E-state index in [1.807, 2.05) is 0 Å². The first-order valence-corrected chi connectivity index (χ1v) is 5.63. The summed E-state index contributed by atoms with van der Waals surface area (Å²) in [5.74, 6) is -1.43. The molecule has 0 N–H and O–H groups in total. The first-order chi connectivity index (χ1) is 6.60. The second-order valence-corrected chi connectivity index (χ2v) is 3.99. The molecule has 1 aliphatic rings. The van der Waals surface area contributed by atoms with Gasteiger partial charge in [0.2, 0.25) is 0 Å². The van der Waals surface area contributed by atoms with E-state index in [1.54, 1.807) is 0 Å². The summed E-state index contributed by atoms with van der Waals surface area (Å²) < 4.78 is 18.6. The van der Waals surface area contributed by atoms with E-state index < -0.39 is 31.9 Å². The van der Waals surface area contributed by atoms with Gasteiger partial charge in [-0.15, -0.1) is 0 Å². The fraction of sp³-hybridized carbons (Fsp3) is 0.667. The summed E-state index contributed by atoms with van der Waals surface area (Å²) in [7, 11) is 0.601. The topological polar surface area (TPSA) is 71.1 Å². The number of halogens is 1. The molecule has 1 aliphatic heterocycles. The van der Waals surface area contributed by atoms with Gasteiger partial charge in [0.1, 0.15) is 0 Å². The minimum atomic E-state index is -1.75. The Labute approximate surface area is 86.1 Å². The van der Waals surface area contributed by atoms with Crippen molar-refractivity contribution in [3.63, 3.8) is 0 Å². The highest BCUT2D eigenvalue weighted by molar-refractivity contribution is 7.76. The molecule has 0 aromatic rings. The van der Waals surface area contributed by atoms with Gasteiger partial charge in [-0.2, -0.15) is 0 Å². The van der Waals surface area contributed by atoms with Crippen molar-refractivity contribution in [3.05, 3.63) is 0 Å². The van der Waals surface area contributed by atoms with Crippen molar-refractivity contribution >= 4 is 30.9 Å². The summed E-state index contributed by atoms with van der Waals surface area (Å²) in [5.41, 5.74) is 0. The summed E-state index contributed by atoms with van der Waals surface area (Å²) >= 11 is 5.51. The average molecular weight is 243 g/mol. The number of methoxy groups -OCH3 is 2. The highest BCUT2D eigenvalue weighted by Crippen LogP contribution is 2.52. The zero-order valence-electron chi connectivity index (χ0n) is 7.43. The summed E-state index contributed by atoms with van der Waals surface area (Å²) in [5, 5.41) is 0. The predicted octanol–water partition coefficient (Wildman–Crippen LogP) is 0.582. The Balaban J connectivity index is 2.72.